The Kier molecular flexibility index (Phi) is 48.2. The van der Waals surface area contributed by atoms with Gasteiger partial charge in [-0.25, -0.2) is 0 Å². The Morgan fingerprint density at radius 1 is 0.500 bits per heavy atom. The second-order valence-electron chi connectivity index (χ2n) is 8.24. The quantitative estimate of drug-likeness (QED) is 0.125. The Balaban J connectivity index is -0.000000279. The van der Waals surface area contributed by atoms with Crippen LogP contribution in [0.4, 0.5) is 0 Å². The topological polar surface area (TPSA) is 80.3 Å². The van der Waals surface area contributed by atoms with E-state index in [0.29, 0.717) is 0 Å². The number of carbonyl (C=O) groups is 2. The molecule has 0 aliphatic heterocycles. The number of aliphatic carboxylic acids is 2. The molecule has 0 saturated carbocycles. The van der Waals surface area contributed by atoms with Crippen molar-refractivity contribution >= 4 is 11.9 Å². The molecule has 0 atom stereocenters. The maximum Gasteiger partial charge on any atom is 1.00 e. The molecule has 0 heterocycles. The van der Waals surface area contributed by atoms with Gasteiger partial charge in [0.05, 0.1) is 0 Å². The third-order valence-electron chi connectivity index (χ3n) is 5.13. The Morgan fingerprint density at radius 3 is 1.09 bits per heavy atom. The van der Waals surface area contributed by atoms with Gasteiger partial charge in [-0.15, -0.1) is 0 Å². The van der Waals surface area contributed by atoms with E-state index in [-0.39, 0.29) is 116 Å². The van der Waals surface area contributed by atoms with Crippen LogP contribution in [0.1, 0.15) is 142 Å². The van der Waals surface area contributed by atoms with Crippen molar-refractivity contribution in [2.24, 2.45) is 0 Å². The number of hydrogen-bond donors (Lipinski definition) is 0. The molecule has 178 valence electrons. The average molecular weight is 503 g/mol. The summed E-state index contributed by atoms with van der Waals surface area (Å²) < 4.78 is 0. The molecule has 0 bridgehead atoms. The standard InChI is InChI=1S/C18H34O2.C8H16O2.2K/c1-2-3-4-5-6-7-8-9-10-11-12-13-14-15-16-17-18(19)20;1-2-3-4-5-6-7-8(9)10;;/h9-10H,2-8,11-17H2,1H3,(H,19,20);2-7H2,1H3,(H,9,10);;/q;;2*+1/p-2/b10-9-;;;. The number of carbonyl (C=O) groups excluding carboxylic acids is 2. The van der Waals surface area contributed by atoms with Crippen molar-refractivity contribution in [1.82, 2.24) is 0 Å². The van der Waals surface area contributed by atoms with E-state index in [1.807, 2.05) is 0 Å². The SMILES string of the molecule is CCCCCCCC(=O)[O-].CCCCCCCC/C=C\CCCCCCCC(=O)[O-].[K+].[K+]. The molecule has 0 spiro atoms. The summed E-state index contributed by atoms with van der Waals surface area (Å²) in [5, 5.41) is 20.1. The van der Waals surface area contributed by atoms with Crippen molar-refractivity contribution in [3.8, 4) is 0 Å². The number of rotatable bonds is 21. The minimum atomic E-state index is -0.920. The number of carboxylic acids is 2. The van der Waals surface area contributed by atoms with Gasteiger partial charge in [0.2, 0.25) is 0 Å². The average Bonchev–Trinajstić information content (AvgIpc) is 2.71. The van der Waals surface area contributed by atoms with Crippen LogP contribution >= 0.6 is 0 Å². The molecule has 0 aromatic rings. The molecule has 0 aromatic heterocycles. The molecule has 0 rings (SSSR count). The summed E-state index contributed by atoms with van der Waals surface area (Å²) in [6.07, 6.45) is 26.5. The molecule has 0 amide bonds. The van der Waals surface area contributed by atoms with Crippen molar-refractivity contribution in [2.75, 3.05) is 0 Å². The second-order valence-corrected chi connectivity index (χ2v) is 8.24. The minimum Gasteiger partial charge on any atom is -0.550 e. The van der Waals surface area contributed by atoms with E-state index in [2.05, 4.69) is 26.0 Å². The van der Waals surface area contributed by atoms with Crippen LogP contribution in [0.2, 0.25) is 0 Å². The zero-order valence-electron chi connectivity index (χ0n) is 21.9. The van der Waals surface area contributed by atoms with Crippen LogP contribution in [0.25, 0.3) is 0 Å². The van der Waals surface area contributed by atoms with Gasteiger partial charge in [0.1, 0.15) is 0 Å². The molecule has 0 aliphatic rings. The van der Waals surface area contributed by atoms with Gasteiger partial charge in [-0.05, 0) is 51.4 Å². The third kappa shape index (κ3) is 45.5. The van der Waals surface area contributed by atoms with E-state index in [9.17, 15) is 19.8 Å². The number of allylic oxidation sites excluding steroid dienone is 2. The normalized spacial score (nSPS) is 10.1. The zero-order valence-corrected chi connectivity index (χ0v) is 28.2. The molecule has 32 heavy (non-hydrogen) atoms. The van der Waals surface area contributed by atoms with Crippen LogP contribution in [0.3, 0.4) is 0 Å². The van der Waals surface area contributed by atoms with Crippen LogP contribution in [0.15, 0.2) is 12.2 Å². The van der Waals surface area contributed by atoms with Crippen molar-refractivity contribution in [3.63, 3.8) is 0 Å². The molecular formula is C26H48K2O4. The van der Waals surface area contributed by atoms with Gasteiger partial charge < -0.3 is 19.8 Å². The molecule has 0 aliphatic carbocycles. The fourth-order valence-electron chi connectivity index (χ4n) is 3.21. The molecular weight excluding hydrogens is 454 g/mol. The molecule has 4 nitrogen and oxygen atoms in total. The summed E-state index contributed by atoms with van der Waals surface area (Å²) in [5.41, 5.74) is 0. The summed E-state index contributed by atoms with van der Waals surface area (Å²) >= 11 is 0. The summed E-state index contributed by atoms with van der Waals surface area (Å²) in [4.78, 5) is 20.1. The molecule has 0 unspecified atom stereocenters. The van der Waals surface area contributed by atoms with Crippen LogP contribution in [0, 0.1) is 0 Å². The molecule has 0 saturated heterocycles. The molecule has 6 heteroatoms. The van der Waals surface area contributed by atoms with E-state index in [4.69, 9.17) is 0 Å². The summed E-state index contributed by atoms with van der Waals surface area (Å²) in [7, 11) is 0. The van der Waals surface area contributed by atoms with Gasteiger partial charge in [-0.2, -0.15) is 0 Å². The Morgan fingerprint density at radius 2 is 0.781 bits per heavy atom. The van der Waals surface area contributed by atoms with Crippen molar-refractivity contribution < 1.29 is 123 Å². The fraction of sp³-hybridized carbons (Fsp3) is 0.846. The largest absolute Gasteiger partial charge is 1.00 e. The monoisotopic (exact) mass is 502 g/mol. The van der Waals surface area contributed by atoms with Crippen LogP contribution in [-0.4, -0.2) is 11.9 Å². The van der Waals surface area contributed by atoms with Crippen molar-refractivity contribution in [2.45, 2.75) is 142 Å². The zero-order chi connectivity index (χ0) is 22.7. The van der Waals surface area contributed by atoms with Crippen LogP contribution in [-0.2, 0) is 9.59 Å². The smallest absolute Gasteiger partial charge is 0.550 e. The third-order valence-corrected chi connectivity index (χ3v) is 5.13. The Bertz CT molecular complexity index is 401. The number of unbranched alkanes of at least 4 members (excludes halogenated alkanes) is 15. The fourth-order valence-corrected chi connectivity index (χ4v) is 3.21. The first-order valence-corrected chi connectivity index (χ1v) is 12.6. The van der Waals surface area contributed by atoms with Crippen LogP contribution in [0.5, 0.6) is 0 Å². The van der Waals surface area contributed by atoms with Gasteiger partial charge >= 0.3 is 103 Å². The predicted molar refractivity (Wildman–Crippen MR) is 123 cm³/mol. The van der Waals surface area contributed by atoms with Gasteiger partial charge in [0, 0.05) is 11.9 Å². The first kappa shape index (κ1) is 41.1. The molecule has 0 N–H and O–H groups in total. The number of hydrogen-bond acceptors (Lipinski definition) is 4. The summed E-state index contributed by atoms with van der Waals surface area (Å²) in [6, 6.07) is 0. The maximum atomic E-state index is 10.2. The van der Waals surface area contributed by atoms with E-state index in [1.165, 1.54) is 77.0 Å². The maximum absolute atomic E-state index is 10.2. The Hall–Kier alpha value is 1.95. The van der Waals surface area contributed by atoms with Crippen LogP contribution < -0.4 is 113 Å². The van der Waals surface area contributed by atoms with E-state index in [0.717, 1.165) is 38.5 Å². The van der Waals surface area contributed by atoms with E-state index >= 15 is 0 Å². The second kappa shape index (κ2) is 37.5. The van der Waals surface area contributed by atoms with Gasteiger partial charge in [0.25, 0.3) is 0 Å². The molecule has 0 fully saturated rings. The molecule has 0 aromatic carbocycles. The van der Waals surface area contributed by atoms with Crippen molar-refractivity contribution in [3.05, 3.63) is 12.2 Å². The minimum absolute atomic E-state index is 0. The van der Waals surface area contributed by atoms with E-state index in [1.54, 1.807) is 0 Å². The first-order valence-electron chi connectivity index (χ1n) is 12.6. The van der Waals surface area contributed by atoms with Gasteiger partial charge in [0.15, 0.2) is 0 Å². The van der Waals surface area contributed by atoms with Gasteiger partial charge in [-0.1, -0.05) is 103 Å². The molecule has 0 radical (unpaired) electrons. The van der Waals surface area contributed by atoms with E-state index < -0.39 is 11.9 Å². The summed E-state index contributed by atoms with van der Waals surface area (Å²) in [5.74, 6) is -1.83. The predicted octanol–water partition coefficient (Wildman–Crippen LogP) is -0.121. The Labute approximate surface area is 284 Å². The first-order chi connectivity index (χ1) is 14.5. The van der Waals surface area contributed by atoms with Gasteiger partial charge in [-0.3, -0.25) is 0 Å². The number of carboxylic acid groups (broad SMARTS) is 2. The summed E-state index contributed by atoms with van der Waals surface area (Å²) in [6.45, 7) is 4.39. The van der Waals surface area contributed by atoms with Crippen molar-refractivity contribution in [1.29, 1.82) is 0 Å².